The Balaban J connectivity index is 2.27. The van der Waals surface area contributed by atoms with E-state index in [0.29, 0.717) is 6.61 Å². The van der Waals surface area contributed by atoms with Gasteiger partial charge in [-0.3, -0.25) is 4.98 Å². The van der Waals surface area contributed by atoms with Gasteiger partial charge in [-0.2, -0.15) is 0 Å². The van der Waals surface area contributed by atoms with Crippen LogP contribution >= 0.6 is 0 Å². The zero-order valence-corrected chi connectivity index (χ0v) is 7.94. The summed E-state index contributed by atoms with van der Waals surface area (Å²) in [7, 11) is 1.67. The number of hydrogen-bond donors (Lipinski definition) is 1. The fraction of sp³-hybridized carbons (Fsp3) is 0.500. The highest BCUT2D eigenvalue weighted by Gasteiger charge is 2.02. The minimum atomic E-state index is 0.118. The van der Waals surface area contributed by atoms with E-state index in [2.05, 4.69) is 4.98 Å². The van der Waals surface area contributed by atoms with Gasteiger partial charge in [0.2, 0.25) is 0 Å². The Morgan fingerprint density at radius 2 is 2.38 bits per heavy atom. The summed E-state index contributed by atoms with van der Waals surface area (Å²) in [5, 5.41) is 0. The molecule has 0 amide bonds. The van der Waals surface area contributed by atoms with Gasteiger partial charge in [-0.25, -0.2) is 0 Å². The molecule has 0 spiro atoms. The summed E-state index contributed by atoms with van der Waals surface area (Å²) in [5.41, 5.74) is 6.87. The van der Waals surface area contributed by atoms with Crippen molar-refractivity contribution in [1.29, 1.82) is 0 Å². The van der Waals surface area contributed by atoms with Crippen LogP contribution < -0.4 is 5.73 Å². The van der Waals surface area contributed by atoms with Crippen LogP contribution in [0, 0.1) is 0 Å². The lowest BCUT2D eigenvalue weighted by atomic mass is 10.1. The quantitative estimate of drug-likeness (QED) is 0.735. The number of aromatic nitrogens is 1. The third kappa shape index (κ3) is 4.01. The molecule has 0 fully saturated rings. The number of hydrogen-bond acceptors (Lipinski definition) is 3. The summed E-state index contributed by atoms with van der Waals surface area (Å²) < 4.78 is 4.95. The van der Waals surface area contributed by atoms with Gasteiger partial charge < -0.3 is 10.5 Å². The molecule has 0 aliphatic rings. The van der Waals surface area contributed by atoms with E-state index in [0.717, 1.165) is 18.5 Å². The van der Waals surface area contributed by atoms with E-state index in [9.17, 15) is 0 Å². The highest BCUT2D eigenvalue weighted by molar-refractivity contribution is 5.03. The molecule has 0 saturated heterocycles. The molecule has 3 nitrogen and oxygen atoms in total. The molecule has 0 bridgehead atoms. The summed E-state index contributed by atoms with van der Waals surface area (Å²) in [6.07, 6.45) is 3.65. The Morgan fingerprint density at radius 3 is 3.00 bits per heavy atom. The lowest BCUT2D eigenvalue weighted by molar-refractivity contribution is 0.177. The minimum Gasteiger partial charge on any atom is -0.383 e. The molecule has 1 rings (SSSR count). The van der Waals surface area contributed by atoms with E-state index in [-0.39, 0.29) is 6.04 Å². The first-order chi connectivity index (χ1) is 6.33. The largest absolute Gasteiger partial charge is 0.383 e. The van der Waals surface area contributed by atoms with Gasteiger partial charge in [0.1, 0.15) is 0 Å². The van der Waals surface area contributed by atoms with Crippen LogP contribution in [0.25, 0.3) is 0 Å². The van der Waals surface area contributed by atoms with Crippen LogP contribution in [0.4, 0.5) is 0 Å². The fourth-order valence-electron chi connectivity index (χ4n) is 1.18. The lowest BCUT2D eigenvalue weighted by Crippen LogP contribution is -2.26. The highest BCUT2D eigenvalue weighted by atomic mass is 16.5. The van der Waals surface area contributed by atoms with Crippen LogP contribution in [0.5, 0.6) is 0 Å². The van der Waals surface area contributed by atoms with Gasteiger partial charge in [0, 0.05) is 25.0 Å². The van der Waals surface area contributed by atoms with E-state index in [1.54, 1.807) is 13.3 Å². The van der Waals surface area contributed by atoms with Crippen molar-refractivity contribution >= 4 is 0 Å². The molecule has 0 aromatic carbocycles. The van der Waals surface area contributed by atoms with Crippen LogP contribution in [0.2, 0.25) is 0 Å². The monoisotopic (exact) mass is 180 g/mol. The van der Waals surface area contributed by atoms with Crippen LogP contribution in [0.15, 0.2) is 24.4 Å². The molecule has 2 N–H and O–H groups in total. The van der Waals surface area contributed by atoms with Crippen molar-refractivity contribution in [1.82, 2.24) is 4.98 Å². The lowest BCUT2D eigenvalue weighted by Gasteiger charge is -2.08. The maximum absolute atomic E-state index is 5.78. The van der Waals surface area contributed by atoms with Crippen molar-refractivity contribution in [2.75, 3.05) is 13.7 Å². The van der Waals surface area contributed by atoms with Crippen molar-refractivity contribution in [3.05, 3.63) is 30.1 Å². The van der Waals surface area contributed by atoms with Gasteiger partial charge in [0.15, 0.2) is 0 Å². The van der Waals surface area contributed by atoms with Crippen molar-refractivity contribution in [2.45, 2.75) is 18.9 Å². The van der Waals surface area contributed by atoms with Gasteiger partial charge >= 0.3 is 0 Å². The van der Waals surface area contributed by atoms with Gasteiger partial charge in [0.05, 0.1) is 6.61 Å². The maximum Gasteiger partial charge on any atom is 0.0613 e. The van der Waals surface area contributed by atoms with Crippen LogP contribution in [-0.2, 0) is 11.2 Å². The van der Waals surface area contributed by atoms with E-state index in [4.69, 9.17) is 10.5 Å². The van der Waals surface area contributed by atoms with E-state index in [1.807, 2.05) is 18.2 Å². The van der Waals surface area contributed by atoms with Crippen LogP contribution in [0.3, 0.4) is 0 Å². The van der Waals surface area contributed by atoms with E-state index >= 15 is 0 Å². The average molecular weight is 180 g/mol. The van der Waals surface area contributed by atoms with Crippen molar-refractivity contribution in [3.63, 3.8) is 0 Å². The van der Waals surface area contributed by atoms with Crippen LogP contribution in [-0.4, -0.2) is 24.7 Å². The number of methoxy groups -OCH3 is 1. The summed E-state index contributed by atoms with van der Waals surface area (Å²) in [4.78, 5) is 4.21. The number of aryl methyl sites for hydroxylation is 1. The third-order valence-corrected chi connectivity index (χ3v) is 1.88. The zero-order valence-electron chi connectivity index (χ0n) is 7.94. The second kappa shape index (κ2) is 5.67. The molecule has 1 heterocycles. The van der Waals surface area contributed by atoms with E-state index in [1.165, 1.54) is 0 Å². The van der Waals surface area contributed by atoms with E-state index < -0.39 is 0 Å². The van der Waals surface area contributed by atoms with Gasteiger partial charge in [-0.05, 0) is 25.0 Å². The topological polar surface area (TPSA) is 48.1 Å². The van der Waals surface area contributed by atoms with Gasteiger partial charge in [-0.15, -0.1) is 0 Å². The average Bonchev–Trinajstić information content (AvgIpc) is 2.17. The fourth-order valence-corrected chi connectivity index (χ4v) is 1.18. The van der Waals surface area contributed by atoms with Crippen molar-refractivity contribution < 1.29 is 4.74 Å². The van der Waals surface area contributed by atoms with Gasteiger partial charge in [0.25, 0.3) is 0 Å². The molecular weight excluding hydrogens is 164 g/mol. The maximum atomic E-state index is 5.78. The van der Waals surface area contributed by atoms with Gasteiger partial charge in [-0.1, -0.05) is 6.07 Å². The Hall–Kier alpha value is -0.930. The second-order valence-corrected chi connectivity index (χ2v) is 3.08. The molecular formula is C10H16N2O. The smallest absolute Gasteiger partial charge is 0.0613 e. The molecule has 72 valence electrons. The molecule has 0 aliphatic heterocycles. The molecule has 0 saturated carbocycles. The Labute approximate surface area is 78.9 Å². The van der Waals surface area contributed by atoms with Crippen molar-refractivity contribution in [3.8, 4) is 0 Å². The number of ether oxygens (including phenoxy) is 1. The standard InChI is InChI=1S/C10H16N2O/c1-13-8-9(11)5-6-10-4-2-3-7-12-10/h2-4,7,9H,5-6,8,11H2,1H3. The highest BCUT2D eigenvalue weighted by Crippen LogP contribution is 2.00. The Kier molecular flexibility index (Phi) is 4.43. The van der Waals surface area contributed by atoms with Crippen LogP contribution in [0.1, 0.15) is 12.1 Å². The minimum absolute atomic E-state index is 0.118. The summed E-state index contributed by atoms with van der Waals surface area (Å²) in [5.74, 6) is 0. The SMILES string of the molecule is COCC(N)CCc1ccccn1. The number of nitrogens with zero attached hydrogens (tertiary/aromatic N) is 1. The molecule has 13 heavy (non-hydrogen) atoms. The second-order valence-electron chi connectivity index (χ2n) is 3.08. The third-order valence-electron chi connectivity index (χ3n) is 1.88. The predicted molar refractivity (Wildman–Crippen MR) is 52.4 cm³/mol. The Morgan fingerprint density at radius 1 is 1.54 bits per heavy atom. The first-order valence-electron chi connectivity index (χ1n) is 4.47. The number of pyridine rings is 1. The molecule has 0 aliphatic carbocycles. The number of nitrogens with two attached hydrogens (primary N) is 1. The normalized spacial score (nSPS) is 12.8. The first-order valence-corrected chi connectivity index (χ1v) is 4.47. The molecule has 1 aromatic rings. The first kappa shape index (κ1) is 10.2. The molecule has 0 radical (unpaired) electrons. The summed E-state index contributed by atoms with van der Waals surface area (Å²) in [6, 6.07) is 6.04. The zero-order chi connectivity index (χ0) is 9.52. The predicted octanol–water partition coefficient (Wildman–Crippen LogP) is 0.988. The van der Waals surface area contributed by atoms with Crippen molar-refractivity contribution in [2.24, 2.45) is 5.73 Å². The summed E-state index contributed by atoms with van der Waals surface area (Å²) in [6.45, 7) is 0.618. The Bertz CT molecular complexity index is 226. The molecule has 3 heteroatoms. The molecule has 1 atom stereocenters. The molecule has 1 unspecified atom stereocenters. The number of rotatable bonds is 5. The molecule has 1 aromatic heterocycles. The summed E-state index contributed by atoms with van der Waals surface area (Å²) >= 11 is 0.